The van der Waals surface area contributed by atoms with Gasteiger partial charge in [0, 0.05) is 0 Å². The molecule has 0 heterocycles. The number of hydrogen-bond acceptors (Lipinski definition) is 3. The fourth-order valence-corrected chi connectivity index (χ4v) is 3.54. The summed E-state index contributed by atoms with van der Waals surface area (Å²) in [5.74, 6) is 7.39. The minimum absolute atomic E-state index is 0.203. The Labute approximate surface area is 99.1 Å². The summed E-state index contributed by atoms with van der Waals surface area (Å²) in [6.07, 6.45) is 0. The van der Waals surface area contributed by atoms with Crippen molar-refractivity contribution in [1.82, 2.24) is 0 Å². The van der Waals surface area contributed by atoms with E-state index in [0.717, 1.165) is 0 Å². The second-order valence-corrected chi connectivity index (χ2v) is 15.0. The molecule has 0 spiro atoms. The van der Waals surface area contributed by atoms with Crippen molar-refractivity contribution in [3.63, 3.8) is 0 Å². The quantitative estimate of drug-likeness (QED) is 0.797. The average molecular weight is 283 g/mol. The normalized spacial score (nSPS) is 11.1. The zero-order valence-corrected chi connectivity index (χ0v) is 12.6. The van der Waals surface area contributed by atoms with E-state index in [1.165, 1.54) is 0 Å². The van der Waals surface area contributed by atoms with Crippen LogP contribution in [0.2, 0.25) is 17.3 Å². The van der Waals surface area contributed by atoms with E-state index in [9.17, 15) is 4.79 Å². The van der Waals surface area contributed by atoms with Gasteiger partial charge in [-0.15, -0.1) is 0 Å². The minimum atomic E-state index is -2.40. The van der Waals surface area contributed by atoms with Gasteiger partial charge in [-0.3, -0.25) is 0 Å². The molecule has 16 heavy (non-hydrogen) atoms. The van der Waals surface area contributed by atoms with Crippen LogP contribution in [-0.2, 0) is 0 Å². The Morgan fingerprint density at radius 3 is 1.81 bits per heavy atom. The van der Waals surface area contributed by atoms with Crippen LogP contribution in [0.25, 0.3) is 0 Å². The maximum atomic E-state index is 12.3. The zero-order chi connectivity index (χ0) is 12.3. The fourth-order valence-electron chi connectivity index (χ4n) is 1.45. The van der Waals surface area contributed by atoms with E-state index < -0.39 is 13.3 Å². The molecule has 0 saturated carbocycles. The molecular formula is C12H18GeO3. The molecule has 1 aromatic carbocycles. The van der Waals surface area contributed by atoms with E-state index in [1.807, 2.05) is 6.07 Å². The van der Waals surface area contributed by atoms with Gasteiger partial charge < -0.3 is 0 Å². The molecule has 1 aromatic rings. The van der Waals surface area contributed by atoms with Gasteiger partial charge in [-0.2, -0.15) is 0 Å². The van der Waals surface area contributed by atoms with E-state index in [1.54, 1.807) is 26.4 Å². The van der Waals surface area contributed by atoms with Crippen LogP contribution in [0.5, 0.6) is 11.5 Å². The first-order chi connectivity index (χ1) is 7.41. The van der Waals surface area contributed by atoms with E-state index in [2.05, 4.69) is 17.3 Å². The molecule has 0 unspecified atom stereocenters. The van der Waals surface area contributed by atoms with Crippen molar-refractivity contribution in [1.29, 1.82) is 0 Å². The molecule has 4 heteroatoms. The molecule has 88 valence electrons. The number of hydrogen-bond donors (Lipinski definition) is 0. The molecule has 0 aliphatic rings. The van der Waals surface area contributed by atoms with Crippen molar-refractivity contribution in [2.75, 3.05) is 14.2 Å². The predicted octanol–water partition coefficient (Wildman–Crippen LogP) is 2.76. The molecule has 0 fully saturated rings. The summed E-state index contributed by atoms with van der Waals surface area (Å²) >= 11 is -2.40. The van der Waals surface area contributed by atoms with Gasteiger partial charge in [0.2, 0.25) is 0 Å². The van der Waals surface area contributed by atoms with Gasteiger partial charge in [-0.05, 0) is 0 Å². The van der Waals surface area contributed by atoms with Crippen molar-refractivity contribution in [3.8, 4) is 11.5 Å². The third kappa shape index (κ3) is 2.58. The van der Waals surface area contributed by atoms with Gasteiger partial charge in [-0.25, -0.2) is 0 Å². The van der Waals surface area contributed by atoms with E-state index in [0.29, 0.717) is 17.1 Å². The van der Waals surface area contributed by atoms with E-state index >= 15 is 0 Å². The van der Waals surface area contributed by atoms with Crippen LogP contribution < -0.4 is 9.47 Å². The molecule has 0 saturated heterocycles. The molecule has 0 amide bonds. The van der Waals surface area contributed by atoms with Gasteiger partial charge in [0.15, 0.2) is 0 Å². The van der Waals surface area contributed by atoms with Crippen molar-refractivity contribution in [3.05, 3.63) is 23.8 Å². The molecule has 0 radical (unpaired) electrons. The second kappa shape index (κ2) is 4.91. The summed E-state index contributed by atoms with van der Waals surface area (Å²) in [4.78, 5) is 12.3. The van der Waals surface area contributed by atoms with Crippen LogP contribution in [0.4, 0.5) is 0 Å². The molecule has 0 aliphatic carbocycles. The fraction of sp³-hybridized carbons (Fsp3) is 0.417. The summed E-state index contributed by atoms with van der Waals surface area (Å²) in [5, 5.41) is 0. The molecule has 0 aromatic heterocycles. The summed E-state index contributed by atoms with van der Waals surface area (Å²) in [6.45, 7) is 0. The van der Waals surface area contributed by atoms with Crippen LogP contribution >= 0.6 is 0 Å². The van der Waals surface area contributed by atoms with Crippen molar-refractivity contribution in [2.24, 2.45) is 0 Å². The standard InChI is InChI=1S/C12H18GeO3/c1-13(2,3)12(14)11-9(15-4)7-6-8-10(11)16-5/h6-8H,1-5H3. The Morgan fingerprint density at radius 1 is 1.06 bits per heavy atom. The Hall–Kier alpha value is -0.967. The first-order valence-electron chi connectivity index (χ1n) is 5.17. The first kappa shape index (κ1) is 13.1. The Bertz CT molecular complexity index is 371. The van der Waals surface area contributed by atoms with Gasteiger partial charge in [0.1, 0.15) is 0 Å². The molecule has 3 nitrogen and oxygen atoms in total. The number of carbonyl (C=O) groups excluding carboxylic acids is 1. The van der Waals surface area contributed by atoms with Crippen molar-refractivity contribution >= 4 is 17.9 Å². The molecule has 0 N–H and O–H groups in total. The van der Waals surface area contributed by atoms with Crippen LogP contribution in [0, 0.1) is 0 Å². The molecule has 0 atom stereocenters. The van der Waals surface area contributed by atoms with Crippen LogP contribution in [-0.4, -0.2) is 32.1 Å². The Morgan fingerprint density at radius 2 is 1.50 bits per heavy atom. The van der Waals surface area contributed by atoms with Crippen LogP contribution in [0.15, 0.2) is 18.2 Å². The predicted molar refractivity (Wildman–Crippen MR) is 67.2 cm³/mol. The van der Waals surface area contributed by atoms with Gasteiger partial charge in [0.05, 0.1) is 0 Å². The van der Waals surface area contributed by atoms with Gasteiger partial charge in [0.25, 0.3) is 0 Å². The summed E-state index contributed by atoms with van der Waals surface area (Å²) in [7, 11) is 3.14. The van der Waals surface area contributed by atoms with Crippen LogP contribution in [0.3, 0.4) is 0 Å². The Balaban J connectivity index is 3.34. The summed E-state index contributed by atoms with van der Waals surface area (Å²) in [5.41, 5.74) is 0.597. The van der Waals surface area contributed by atoms with E-state index in [4.69, 9.17) is 9.47 Å². The van der Waals surface area contributed by atoms with E-state index in [-0.39, 0.29) is 4.62 Å². The topological polar surface area (TPSA) is 35.5 Å². The number of rotatable bonds is 4. The third-order valence-electron chi connectivity index (χ3n) is 2.34. The second-order valence-electron chi connectivity index (χ2n) is 4.62. The average Bonchev–Trinajstić information content (AvgIpc) is 2.25. The van der Waals surface area contributed by atoms with Crippen LogP contribution in [0.1, 0.15) is 10.4 Å². The monoisotopic (exact) mass is 284 g/mol. The number of methoxy groups -OCH3 is 2. The maximum absolute atomic E-state index is 12.3. The number of benzene rings is 1. The summed E-state index contributed by atoms with van der Waals surface area (Å²) in [6, 6.07) is 5.41. The first-order valence-corrected chi connectivity index (χ1v) is 12.5. The van der Waals surface area contributed by atoms with Crippen molar-refractivity contribution in [2.45, 2.75) is 17.3 Å². The number of ether oxygens (including phenoxy) is 2. The third-order valence-corrected chi connectivity index (χ3v) is 5.72. The van der Waals surface area contributed by atoms with Gasteiger partial charge >= 0.3 is 98.9 Å². The molecule has 0 bridgehead atoms. The Kier molecular flexibility index (Phi) is 4.02. The molecular weight excluding hydrogens is 265 g/mol. The van der Waals surface area contributed by atoms with Crippen molar-refractivity contribution < 1.29 is 14.3 Å². The summed E-state index contributed by atoms with van der Waals surface area (Å²) < 4.78 is 10.7. The number of carbonyl (C=O) groups is 1. The molecule has 1 rings (SSSR count). The van der Waals surface area contributed by atoms with Gasteiger partial charge in [-0.1, -0.05) is 0 Å². The zero-order valence-electron chi connectivity index (χ0n) is 10.5. The molecule has 0 aliphatic heterocycles. The SMILES string of the molecule is COc1cccc(OC)c1[C](=O)[Ge]([CH3])([CH3])[CH3].